The van der Waals surface area contributed by atoms with Crippen molar-refractivity contribution in [2.45, 2.75) is 0 Å². The Kier molecular flexibility index (Phi) is 2.45. The van der Waals surface area contributed by atoms with E-state index < -0.39 is 0 Å². The number of anilines is 1. The molecule has 0 radical (unpaired) electrons. The molecular weight excluding hydrogens is 224 g/mol. The molecule has 0 spiro atoms. The zero-order chi connectivity index (χ0) is 12.5. The number of fused-ring (bicyclic) bond motifs is 1. The van der Waals surface area contributed by atoms with Crippen LogP contribution in [0.15, 0.2) is 48.8 Å². The van der Waals surface area contributed by atoms with Gasteiger partial charge in [0.05, 0.1) is 5.69 Å². The Hall–Kier alpha value is -2.42. The van der Waals surface area contributed by atoms with Gasteiger partial charge < -0.3 is 4.90 Å². The Morgan fingerprint density at radius 3 is 2.61 bits per heavy atom. The van der Waals surface area contributed by atoms with Gasteiger partial charge in [-0.3, -0.25) is 9.78 Å². The maximum Gasteiger partial charge on any atom is 0.258 e. The van der Waals surface area contributed by atoms with Crippen LogP contribution >= 0.6 is 0 Å². The fourth-order valence-electron chi connectivity index (χ4n) is 2.16. The van der Waals surface area contributed by atoms with E-state index in [-0.39, 0.29) is 5.91 Å². The summed E-state index contributed by atoms with van der Waals surface area (Å²) in [6, 6.07) is 11.6. The minimum atomic E-state index is 0.0352. The molecule has 0 unspecified atom stereocenters. The van der Waals surface area contributed by atoms with Gasteiger partial charge in [-0.2, -0.15) is 0 Å². The molecule has 2 heterocycles. The second kappa shape index (κ2) is 4.11. The highest BCUT2D eigenvalue weighted by atomic mass is 16.2. The van der Waals surface area contributed by atoms with Crippen molar-refractivity contribution in [3.8, 4) is 0 Å². The van der Waals surface area contributed by atoms with Crippen LogP contribution in [0, 0.1) is 0 Å². The topological polar surface area (TPSA) is 33.2 Å². The van der Waals surface area contributed by atoms with E-state index in [9.17, 15) is 4.79 Å². The number of para-hydroxylation sites is 1. The summed E-state index contributed by atoms with van der Waals surface area (Å²) in [5.41, 5.74) is 3.67. The fraction of sp³-hybridized carbons (Fsp3) is 0.0667. The van der Waals surface area contributed by atoms with Crippen molar-refractivity contribution >= 4 is 23.2 Å². The molecule has 0 N–H and O–H groups in total. The van der Waals surface area contributed by atoms with Crippen molar-refractivity contribution in [2.75, 3.05) is 11.9 Å². The Morgan fingerprint density at radius 2 is 1.83 bits per heavy atom. The van der Waals surface area contributed by atoms with Crippen molar-refractivity contribution < 1.29 is 4.79 Å². The predicted octanol–water partition coefficient (Wildman–Crippen LogP) is 2.60. The Bertz CT molecular complexity index is 632. The molecule has 3 rings (SSSR count). The number of carbonyl (C=O) groups is 1. The zero-order valence-electron chi connectivity index (χ0n) is 10.00. The highest BCUT2D eigenvalue weighted by molar-refractivity contribution is 6.35. The van der Waals surface area contributed by atoms with E-state index in [1.165, 1.54) is 0 Å². The van der Waals surface area contributed by atoms with E-state index in [1.54, 1.807) is 24.3 Å². The first-order valence-corrected chi connectivity index (χ1v) is 5.76. The second-order valence-corrected chi connectivity index (χ2v) is 4.22. The molecule has 3 heteroatoms. The van der Waals surface area contributed by atoms with Crippen LogP contribution in [-0.2, 0) is 4.79 Å². The van der Waals surface area contributed by atoms with E-state index in [0.29, 0.717) is 0 Å². The number of rotatable bonds is 1. The first-order chi connectivity index (χ1) is 8.77. The van der Waals surface area contributed by atoms with Gasteiger partial charge in [-0.15, -0.1) is 0 Å². The number of likely N-dealkylation sites (N-methyl/N-ethyl adjacent to an activating group) is 1. The van der Waals surface area contributed by atoms with Crippen LogP contribution in [0.1, 0.15) is 11.1 Å². The van der Waals surface area contributed by atoms with Crippen molar-refractivity contribution in [2.24, 2.45) is 0 Å². The molecule has 88 valence electrons. The minimum Gasteiger partial charge on any atom is -0.311 e. The number of pyridine rings is 1. The van der Waals surface area contributed by atoms with Crippen LogP contribution in [-0.4, -0.2) is 17.9 Å². The van der Waals surface area contributed by atoms with E-state index in [2.05, 4.69) is 4.98 Å². The quantitative estimate of drug-likeness (QED) is 0.713. The molecule has 0 fully saturated rings. The minimum absolute atomic E-state index is 0.0352. The summed E-state index contributed by atoms with van der Waals surface area (Å²) in [4.78, 5) is 17.9. The molecule has 0 atom stereocenters. The van der Waals surface area contributed by atoms with Gasteiger partial charge in [-0.25, -0.2) is 0 Å². The number of hydrogen-bond acceptors (Lipinski definition) is 2. The lowest BCUT2D eigenvalue weighted by Gasteiger charge is -2.07. The van der Waals surface area contributed by atoms with Gasteiger partial charge in [0.25, 0.3) is 5.91 Å². The lowest BCUT2D eigenvalue weighted by Crippen LogP contribution is -2.20. The lowest BCUT2D eigenvalue weighted by atomic mass is 10.0. The average molecular weight is 236 g/mol. The van der Waals surface area contributed by atoms with Crippen molar-refractivity contribution in [3.63, 3.8) is 0 Å². The predicted molar refractivity (Wildman–Crippen MR) is 72.0 cm³/mol. The van der Waals surface area contributed by atoms with Gasteiger partial charge >= 0.3 is 0 Å². The van der Waals surface area contributed by atoms with Crippen LogP contribution in [0.25, 0.3) is 11.6 Å². The second-order valence-electron chi connectivity index (χ2n) is 4.22. The van der Waals surface area contributed by atoms with Crippen molar-refractivity contribution in [3.05, 3.63) is 59.9 Å². The SMILES string of the molecule is CN1C(=O)/C(=C\c2ccncc2)c2ccccc21. The number of aromatic nitrogens is 1. The van der Waals surface area contributed by atoms with Crippen LogP contribution in [0.2, 0.25) is 0 Å². The average Bonchev–Trinajstić information content (AvgIpc) is 2.66. The molecule has 1 aliphatic rings. The zero-order valence-corrected chi connectivity index (χ0v) is 10.00. The maximum absolute atomic E-state index is 12.2. The summed E-state index contributed by atoms with van der Waals surface area (Å²) >= 11 is 0. The third-order valence-electron chi connectivity index (χ3n) is 3.11. The first-order valence-electron chi connectivity index (χ1n) is 5.76. The van der Waals surface area contributed by atoms with Crippen molar-refractivity contribution in [1.82, 2.24) is 4.98 Å². The normalized spacial score (nSPS) is 16.2. The fourth-order valence-corrected chi connectivity index (χ4v) is 2.16. The monoisotopic (exact) mass is 236 g/mol. The molecule has 3 nitrogen and oxygen atoms in total. The number of nitrogens with zero attached hydrogens (tertiary/aromatic N) is 2. The molecule has 2 aromatic rings. The maximum atomic E-state index is 12.2. The van der Waals surface area contributed by atoms with E-state index in [0.717, 1.165) is 22.4 Å². The molecule has 1 amide bonds. The molecule has 1 aromatic carbocycles. The third-order valence-corrected chi connectivity index (χ3v) is 3.11. The van der Waals surface area contributed by atoms with Gasteiger partial charge in [0.2, 0.25) is 0 Å². The molecule has 1 aromatic heterocycles. The summed E-state index contributed by atoms with van der Waals surface area (Å²) in [6.45, 7) is 0. The highest BCUT2D eigenvalue weighted by Crippen LogP contribution is 2.36. The van der Waals surface area contributed by atoms with Gasteiger partial charge in [0.1, 0.15) is 0 Å². The van der Waals surface area contributed by atoms with E-state index in [1.807, 2.05) is 42.5 Å². The van der Waals surface area contributed by atoms with Crippen LogP contribution in [0.5, 0.6) is 0 Å². The molecule has 0 saturated carbocycles. The molecule has 1 aliphatic heterocycles. The third kappa shape index (κ3) is 1.61. The number of benzene rings is 1. The Labute approximate surface area is 105 Å². The van der Waals surface area contributed by atoms with E-state index in [4.69, 9.17) is 0 Å². The summed E-state index contributed by atoms with van der Waals surface area (Å²) in [7, 11) is 1.80. The number of amides is 1. The standard InChI is InChI=1S/C15H12N2O/c1-17-14-5-3-2-4-12(14)13(15(17)18)10-11-6-8-16-9-7-11/h2-10H,1H3/b13-10-. The summed E-state index contributed by atoms with van der Waals surface area (Å²) < 4.78 is 0. The van der Waals surface area contributed by atoms with Crippen molar-refractivity contribution in [1.29, 1.82) is 0 Å². The molecule has 0 saturated heterocycles. The Balaban J connectivity index is 2.14. The first kappa shape index (κ1) is 10.7. The van der Waals surface area contributed by atoms with Crippen LogP contribution in [0.4, 0.5) is 5.69 Å². The van der Waals surface area contributed by atoms with Gasteiger partial charge in [0, 0.05) is 30.6 Å². The smallest absolute Gasteiger partial charge is 0.258 e. The lowest BCUT2D eigenvalue weighted by molar-refractivity contribution is -0.112. The summed E-state index contributed by atoms with van der Waals surface area (Å²) in [5.74, 6) is 0.0352. The van der Waals surface area contributed by atoms with Gasteiger partial charge in [-0.05, 0) is 29.8 Å². The largest absolute Gasteiger partial charge is 0.311 e. The number of carbonyl (C=O) groups excluding carboxylic acids is 1. The van der Waals surface area contributed by atoms with Crippen LogP contribution < -0.4 is 4.90 Å². The van der Waals surface area contributed by atoms with E-state index >= 15 is 0 Å². The summed E-state index contributed by atoms with van der Waals surface area (Å²) in [6.07, 6.45) is 5.36. The number of hydrogen-bond donors (Lipinski definition) is 0. The summed E-state index contributed by atoms with van der Waals surface area (Å²) in [5, 5.41) is 0. The molecule has 0 aliphatic carbocycles. The Morgan fingerprint density at radius 1 is 1.11 bits per heavy atom. The molecule has 0 bridgehead atoms. The highest BCUT2D eigenvalue weighted by Gasteiger charge is 2.28. The molecular formula is C15H12N2O. The van der Waals surface area contributed by atoms with Gasteiger partial charge in [-0.1, -0.05) is 18.2 Å². The van der Waals surface area contributed by atoms with Gasteiger partial charge in [0.15, 0.2) is 0 Å². The molecule has 18 heavy (non-hydrogen) atoms. The van der Waals surface area contributed by atoms with Crippen LogP contribution in [0.3, 0.4) is 0 Å².